The Bertz CT molecular complexity index is 535. The molecule has 1 aromatic rings. The number of nitrogens with one attached hydrogen (secondary N) is 1. The van der Waals surface area contributed by atoms with Crippen LogP contribution in [-0.2, 0) is 9.53 Å². The first-order chi connectivity index (χ1) is 10.0. The molecule has 2 amide bonds. The van der Waals surface area contributed by atoms with Crippen molar-refractivity contribution < 1.29 is 14.3 Å². The van der Waals surface area contributed by atoms with E-state index in [9.17, 15) is 9.59 Å². The fourth-order valence-electron chi connectivity index (χ4n) is 2.17. The van der Waals surface area contributed by atoms with Gasteiger partial charge in [0.05, 0.1) is 12.3 Å². The summed E-state index contributed by atoms with van der Waals surface area (Å²) in [6.07, 6.45) is 1.69. The van der Waals surface area contributed by atoms with Gasteiger partial charge in [0, 0.05) is 26.3 Å². The van der Waals surface area contributed by atoms with Gasteiger partial charge in [-0.15, -0.1) is 0 Å². The molecule has 0 aliphatic carbocycles. The number of aromatic nitrogens is 1. The Morgan fingerprint density at radius 3 is 2.95 bits per heavy atom. The van der Waals surface area contributed by atoms with Crippen LogP contribution in [0.15, 0.2) is 18.3 Å². The second-order valence-electron chi connectivity index (χ2n) is 4.84. The SMILES string of the molecule is CCOC(=O)C(C)NC(=O)N1CCN(C)c2ncccc21. The van der Waals surface area contributed by atoms with E-state index < -0.39 is 12.0 Å². The van der Waals surface area contributed by atoms with E-state index in [1.54, 1.807) is 31.0 Å². The Hall–Kier alpha value is -2.31. The zero-order valence-corrected chi connectivity index (χ0v) is 12.5. The van der Waals surface area contributed by atoms with Crippen molar-refractivity contribution in [1.82, 2.24) is 10.3 Å². The highest BCUT2D eigenvalue weighted by molar-refractivity contribution is 5.97. The predicted molar refractivity (Wildman–Crippen MR) is 79.5 cm³/mol. The van der Waals surface area contributed by atoms with Crippen LogP contribution in [0.1, 0.15) is 13.8 Å². The molecule has 114 valence electrons. The van der Waals surface area contributed by atoms with Gasteiger partial charge in [0.2, 0.25) is 0 Å². The first-order valence-electron chi connectivity index (χ1n) is 6.95. The summed E-state index contributed by atoms with van der Waals surface area (Å²) in [7, 11) is 1.93. The summed E-state index contributed by atoms with van der Waals surface area (Å²) in [6.45, 7) is 4.85. The van der Waals surface area contributed by atoms with Crippen LogP contribution in [0, 0.1) is 0 Å². The Morgan fingerprint density at radius 1 is 1.48 bits per heavy atom. The minimum absolute atomic E-state index is 0.292. The molecule has 7 nitrogen and oxygen atoms in total. The normalized spacial score (nSPS) is 15.2. The zero-order valence-electron chi connectivity index (χ0n) is 12.5. The lowest BCUT2D eigenvalue weighted by Gasteiger charge is -2.34. The van der Waals surface area contributed by atoms with Crippen LogP contribution in [0.5, 0.6) is 0 Å². The highest BCUT2D eigenvalue weighted by atomic mass is 16.5. The van der Waals surface area contributed by atoms with Gasteiger partial charge in [-0.05, 0) is 26.0 Å². The Morgan fingerprint density at radius 2 is 2.24 bits per heavy atom. The van der Waals surface area contributed by atoms with Crippen LogP contribution >= 0.6 is 0 Å². The van der Waals surface area contributed by atoms with Gasteiger partial charge in [-0.2, -0.15) is 0 Å². The summed E-state index contributed by atoms with van der Waals surface area (Å²) < 4.78 is 4.89. The minimum atomic E-state index is -0.683. The summed E-state index contributed by atoms with van der Waals surface area (Å²) in [5.74, 6) is 0.314. The molecule has 1 aliphatic rings. The average Bonchev–Trinajstić information content (AvgIpc) is 2.48. The number of esters is 1. The van der Waals surface area contributed by atoms with Crippen molar-refractivity contribution in [2.24, 2.45) is 0 Å². The maximum atomic E-state index is 12.3. The van der Waals surface area contributed by atoms with Gasteiger partial charge in [-0.3, -0.25) is 4.90 Å². The summed E-state index contributed by atoms with van der Waals surface area (Å²) in [5, 5.41) is 2.66. The van der Waals surface area contributed by atoms with E-state index >= 15 is 0 Å². The largest absolute Gasteiger partial charge is 0.464 e. The molecule has 0 bridgehead atoms. The second-order valence-corrected chi connectivity index (χ2v) is 4.84. The molecule has 1 unspecified atom stereocenters. The molecule has 2 rings (SSSR count). The third-order valence-electron chi connectivity index (χ3n) is 3.30. The third kappa shape index (κ3) is 3.24. The molecule has 7 heteroatoms. The van der Waals surface area contributed by atoms with Gasteiger partial charge >= 0.3 is 12.0 Å². The van der Waals surface area contributed by atoms with Crippen molar-refractivity contribution in [2.75, 3.05) is 36.5 Å². The van der Waals surface area contributed by atoms with Gasteiger partial charge in [0.15, 0.2) is 5.82 Å². The average molecular weight is 292 g/mol. The number of rotatable bonds is 3. The Labute approximate surface area is 123 Å². The molecule has 1 N–H and O–H groups in total. The van der Waals surface area contributed by atoms with Crippen molar-refractivity contribution >= 4 is 23.5 Å². The number of urea groups is 1. The lowest BCUT2D eigenvalue weighted by atomic mass is 10.2. The molecule has 2 heterocycles. The van der Waals surface area contributed by atoms with Crippen LogP contribution in [0.2, 0.25) is 0 Å². The first-order valence-corrected chi connectivity index (χ1v) is 6.95. The number of carbonyl (C=O) groups excluding carboxylic acids is 2. The molecular weight excluding hydrogens is 272 g/mol. The highest BCUT2D eigenvalue weighted by Crippen LogP contribution is 2.29. The molecular formula is C14H20N4O3. The van der Waals surface area contributed by atoms with E-state index in [2.05, 4.69) is 10.3 Å². The van der Waals surface area contributed by atoms with Crippen LogP contribution in [0.25, 0.3) is 0 Å². The molecule has 0 radical (unpaired) electrons. The Balaban J connectivity index is 2.10. The number of anilines is 2. The number of ether oxygens (including phenoxy) is 1. The number of pyridine rings is 1. The summed E-state index contributed by atoms with van der Waals surface area (Å²) >= 11 is 0. The monoisotopic (exact) mass is 292 g/mol. The maximum absolute atomic E-state index is 12.3. The van der Waals surface area contributed by atoms with Crippen molar-refractivity contribution in [3.8, 4) is 0 Å². The molecule has 0 saturated carbocycles. The number of amides is 2. The third-order valence-corrected chi connectivity index (χ3v) is 3.30. The second kappa shape index (κ2) is 6.43. The Kier molecular flexibility index (Phi) is 4.62. The van der Waals surface area contributed by atoms with Gasteiger partial charge in [0.1, 0.15) is 6.04 Å². The predicted octanol–water partition coefficient (Wildman–Crippen LogP) is 0.999. The van der Waals surface area contributed by atoms with E-state index in [1.807, 2.05) is 18.0 Å². The van der Waals surface area contributed by atoms with E-state index in [0.29, 0.717) is 19.7 Å². The topological polar surface area (TPSA) is 74.8 Å². The molecule has 0 spiro atoms. The fourth-order valence-corrected chi connectivity index (χ4v) is 2.17. The standard InChI is InChI=1S/C14H20N4O3/c1-4-21-13(19)10(2)16-14(20)18-9-8-17(3)12-11(18)6-5-7-15-12/h5-7,10H,4,8-9H2,1-3H3,(H,16,20). The maximum Gasteiger partial charge on any atom is 0.328 e. The molecule has 0 saturated heterocycles. The molecule has 21 heavy (non-hydrogen) atoms. The van der Waals surface area contributed by atoms with E-state index in [1.165, 1.54) is 0 Å². The lowest BCUT2D eigenvalue weighted by molar-refractivity contribution is -0.144. The summed E-state index contributed by atoms with van der Waals surface area (Å²) in [5.41, 5.74) is 0.736. The van der Waals surface area contributed by atoms with Crippen LogP contribution in [0.3, 0.4) is 0 Å². The number of nitrogens with zero attached hydrogens (tertiary/aromatic N) is 3. The molecule has 0 aromatic carbocycles. The van der Waals surface area contributed by atoms with E-state index in [4.69, 9.17) is 4.74 Å². The minimum Gasteiger partial charge on any atom is -0.464 e. The van der Waals surface area contributed by atoms with Crippen LogP contribution in [-0.4, -0.2) is 49.8 Å². The number of hydrogen-bond donors (Lipinski definition) is 1. The zero-order chi connectivity index (χ0) is 15.4. The van der Waals surface area contributed by atoms with Crippen molar-refractivity contribution in [3.05, 3.63) is 18.3 Å². The van der Waals surface area contributed by atoms with Crippen molar-refractivity contribution in [3.63, 3.8) is 0 Å². The number of carbonyl (C=O) groups is 2. The lowest BCUT2D eigenvalue weighted by Crippen LogP contribution is -2.51. The fraction of sp³-hybridized carbons (Fsp3) is 0.500. The van der Waals surface area contributed by atoms with Gasteiger partial charge in [-0.25, -0.2) is 14.6 Å². The molecule has 1 atom stereocenters. The number of likely N-dealkylation sites (N-methyl/N-ethyl adjacent to an activating group) is 1. The summed E-state index contributed by atoms with van der Waals surface area (Å²) in [6, 6.07) is 2.62. The van der Waals surface area contributed by atoms with Crippen molar-refractivity contribution in [1.29, 1.82) is 0 Å². The van der Waals surface area contributed by atoms with Gasteiger partial charge in [0.25, 0.3) is 0 Å². The number of hydrogen-bond acceptors (Lipinski definition) is 5. The molecule has 0 fully saturated rings. The van der Waals surface area contributed by atoms with Crippen LogP contribution in [0.4, 0.5) is 16.3 Å². The first kappa shape index (κ1) is 15.1. The highest BCUT2D eigenvalue weighted by Gasteiger charge is 2.28. The summed E-state index contributed by atoms with van der Waals surface area (Å²) in [4.78, 5) is 31.8. The van der Waals surface area contributed by atoms with E-state index in [0.717, 1.165) is 11.5 Å². The molecule has 1 aliphatic heterocycles. The molecule has 1 aromatic heterocycles. The number of fused-ring (bicyclic) bond motifs is 1. The smallest absolute Gasteiger partial charge is 0.328 e. The van der Waals surface area contributed by atoms with Crippen molar-refractivity contribution in [2.45, 2.75) is 19.9 Å². The van der Waals surface area contributed by atoms with Gasteiger partial charge in [-0.1, -0.05) is 0 Å². The van der Waals surface area contributed by atoms with Gasteiger partial charge < -0.3 is 15.0 Å². The quantitative estimate of drug-likeness (QED) is 0.841. The van der Waals surface area contributed by atoms with E-state index in [-0.39, 0.29) is 6.03 Å². The van der Waals surface area contributed by atoms with Crippen LogP contribution < -0.4 is 15.1 Å².